The first-order valence-electron chi connectivity index (χ1n) is 7.06. The van der Waals surface area contributed by atoms with Gasteiger partial charge in [-0.3, -0.25) is 10.1 Å². The van der Waals surface area contributed by atoms with Gasteiger partial charge < -0.3 is 0 Å². The minimum atomic E-state index is -0.387. The van der Waals surface area contributed by atoms with Crippen molar-refractivity contribution in [1.29, 1.82) is 0 Å². The minimum Gasteiger partial charge on any atom is -0.258 e. The summed E-state index contributed by atoms with van der Waals surface area (Å²) in [6.45, 7) is 0. The molecule has 0 aliphatic carbocycles. The fraction of sp³-hybridized carbons (Fsp3) is 0.294. The summed E-state index contributed by atoms with van der Waals surface area (Å²) in [5.41, 5.74) is 2.49. The maximum atomic E-state index is 10.6. The van der Waals surface area contributed by atoms with Crippen LogP contribution in [0.4, 0.5) is 5.69 Å². The zero-order chi connectivity index (χ0) is 15.1. The molecule has 4 heteroatoms. The average molecular weight is 304 g/mol. The summed E-state index contributed by atoms with van der Waals surface area (Å²) in [6, 6.07) is 17.0. The largest absolute Gasteiger partial charge is 0.269 e. The highest BCUT2D eigenvalue weighted by atomic mass is 35.5. The molecule has 2 rings (SSSR count). The van der Waals surface area contributed by atoms with Gasteiger partial charge in [0.1, 0.15) is 0 Å². The third kappa shape index (κ3) is 5.20. The minimum absolute atomic E-state index is 0.0650. The number of benzene rings is 2. The number of nitro benzene ring substituents is 1. The zero-order valence-corrected chi connectivity index (χ0v) is 12.5. The van der Waals surface area contributed by atoms with Crippen LogP contribution in [0.2, 0.25) is 0 Å². The van der Waals surface area contributed by atoms with Gasteiger partial charge in [-0.1, -0.05) is 42.5 Å². The third-order valence-corrected chi connectivity index (χ3v) is 3.80. The second-order valence-corrected chi connectivity index (χ2v) is 5.72. The van der Waals surface area contributed by atoms with Crippen LogP contribution in [0.15, 0.2) is 54.6 Å². The number of nitro groups is 1. The molecule has 0 aliphatic heterocycles. The molecule has 0 aliphatic rings. The maximum Gasteiger partial charge on any atom is 0.269 e. The molecular weight excluding hydrogens is 286 g/mol. The summed E-state index contributed by atoms with van der Waals surface area (Å²) in [4.78, 5) is 10.2. The highest BCUT2D eigenvalue weighted by molar-refractivity contribution is 6.20. The SMILES string of the molecule is O=[N+]([O-])c1ccc(CC(Cl)CCCc2ccccc2)cc1. The molecule has 0 fully saturated rings. The van der Waals surface area contributed by atoms with Gasteiger partial charge in [-0.2, -0.15) is 0 Å². The van der Waals surface area contributed by atoms with Crippen LogP contribution in [0.5, 0.6) is 0 Å². The Bertz CT molecular complexity index is 569. The molecule has 0 amide bonds. The first-order chi connectivity index (χ1) is 10.1. The second-order valence-electron chi connectivity index (χ2n) is 5.10. The van der Waals surface area contributed by atoms with Crippen LogP contribution in [0.1, 0.15) is 24.0 Å². The van der Waals surface area contributed by atoms with Crippen molar-refractivity contribution >= 4 is 17.3 Å². The Labute approximate surface area is 129 Å². The van der Waals surface area contributed by atoms with E-state index in [4.69, 9.17) is 11.6 Å². The smallest absolute Gasteiger partial charge is 0.258 e. The van der Waals surface area contributed by atoms with Crippen LogP contribution in [0.3, 0.4) is 0 Å². The molecule has 0 spiro atoms. The standard InChI is InChI=1S/C17H18ClNO2/c18-16(8-4-7-14-5-2-1-3-6-14)13-15-9-11-17(12-10-15)19(20)21/h1-3,5-6,9-12,16H,4,7-8,13H2. The molecule has 0 radical (unpaired) electrons. The normalized spacial score (nSPS) is 12.0. The van der Waals surface area contributed by atoms with Crippen LogP contribution in [0, 0.1) is 10.1 Å². The maximum absolute atomic E-state index is 10.6. The lowest BCUT2D eigenvalue weighted by Gasteiger charge is -2.09. The number of hydrogen-bond donors (Lipinski definition) is 0. The summed E-state index contributed by atoms with van der Waals surface area (Å²) >= 11 is 6.35. The van der Waals surface area contributed by atoms with Gasteiger partial charge in [0, 0.05) is 17.5 Å². The monoisotopic (exact) mass is 303 g/mol. The number of non-ortho nitro benzene ring substituents is 1. The highest BCUT2D eigenvalue weighted by Gasteiger charge is 2.08. The highest BCUT2D eigenvalue weighted by Crippen LogP contribution is 2.18. The van der Waals surface area contributed by atoms with Gasteiger partial charge in [-0.15, -0.1) is 11.6 Å². The van der Waals surface area contributed by atoms with Crippen molar-refractivity contribution in [2.45, 2.75) is 31.1 Å². The van der Waals surface area contributed by atoms with Gasteiger partial charge in [0.25, 0.3) is 5.69 Å². The van der Waals surface area contributed by atoms with E-state index in [0.717, 1.165) is 31.2 Å². The van der Waals surface area contributed by atoms with Crippen molar-refractivity contribution < 1.29 is 4.92 Å². The molecule has 2 aromatic carbocycles. The third-order valence-electron chi connectivity index (χ3n) is 3.43. The molecule has 21 heavy (non-hydrogen) atoms. The molecule has 0 saturated carbocycles. The fourth-order valence-electron chi connectivity index (χ4n) is 2.28. The van der Waals surface area contributed by atoms with Crippen molar-refractivity contribution in [3.05, 3.63) is 75.8 Å². The van der Waals surface area contributed by atoms with Crippen LogP contribution in [-0.2, 0) is 12.8 Å². The van der Waals surface area contributed by atoms with E-state index in [1.54, 1.807) is 12.1 Å². The van der Waals surface area contributed by atoms with E-state index < -0.39 is 0 Å². The first-order valence-corrected chi connectivity index (χ1v) is 7.50. The summed E-state index contributed by atoms with van der Waals surface area (Å²) in [6.07, 6.45) is 3.76. The Hall–Kier alpha value is -1.87. The Morgan fingerprint density at radius 1 is 1.00 bits per heavy atom. The molecule has 0 aromatic heterocycles. The lowest BCUT2D eigenvalue weighted by molar-refractivity contribution is -0.384. The van der Waals surface area contributed by atoms with Gasteiger partial charge in [-0.05, 0) is 36.8 Å². The predicted octanol–water partition coefficient (Wildman–Crippen LogP) is 4.77. The Balaban J connectivity index is 1.76. The zero-order valence-electron chi connectivity index (χ0n) is 11.7. The summed E-state index contributed by atoms with van der Waals surface area (Å²) < 4.78 is 0. The number of nitrogens with zero attached hydrogens (tertiary/aromatic N) is 1. The quantitative estimate of drug-likeness (QED) is 0.420. The van der Waals surface area contributed by atoms with Gasteiger partial charge in [0.2, 0.25) is 0 Å². The predicted molar refractivity (Wildman–Crippen MR) is 85.8 cm³/mol. The van der Waals surface area contributed by atoms with Gasteiger partial charge in [0.15, 0.2) is 0 Å². The van der Waals surface area contributed by atoms with Crippen molar-refractivity contribution in [2.75, 3.05) is 0 Å². The average Bonchev–Trinajstić information content (AvgIpc) is 2.49. The molecule has 1 unspecified atom stereocenters. The van der Waals surface area contributed by atoms with E-state index in [2.05, 4.69) is 12.1 Å². The molecule has 2 aromatic rings. The first kappa shape index (κ1) is 15.5. The number of hydrogen-bond acceptors (Lipinski definition) is 2. The fourth-order valence-corrected chi connectivity index (χ4v) is 2.62. The Morgan fingerprint density at radius 2 is 1.67 bits per heavy atom. The van der Waals surface area contributed by atoms with E-state index in [-0.39, 0.29) is 16.0 Å². The van der Waals surface area contributed by atoms with Gasteiger partial charge in [-0.25, -0.2) is 0 Å². The van der Waals surface area contributed by atoms with Crippen molar-refractivity contribution in [2.24, 2.45) is 0 Å². The van der Waals surface area contributed by atoms with Crippen molar-refractivity contribution in [1.82, 2.24) is 0 Å². The molecular formula is C17H18ClNO2. The van der Waals surface area contributed by atoms with Gasteiger partial charge in [0.05, 0.1) is 4.92 Å². The number of halogens is 1. The molecule has 0 saturated heterocycles. The molecule has 110 valence electrons. The second kappa shape index (κ2) is 7.79. The van der Waals surface area contributed by atoms with Crippen LogP contribution >= 0.6 is 11.6 Å². The summed E-state index contributed by atoms with van der Waals surface area (Å²) in [5, 5.41) is 10.7. The van der Waals surface area contributed by atoms with E-state index in [1.165, 1.54) is 17.7 Å². The summed E-state index contributed by atoms with van der Waals surface area (Å²) in [7, 11) is 0. The van der Waals surface area contributed by atoms with Crippen molar-refractivity contribution in [3.8, 4) is 0 Å². The van der Waals surface area contributed by atoms with Crippen molar-refractivity contribution in [3.63, 3.8) is 0 Å². The molecule has 1 atom stereocenters. The van der Waals surface area contributed by atoms with Crippen LogP contribution in [0.25, 0.3) is 0 Å². The van der Waals surface area contributed by atoms with E-state index in [9.17, 15) is 10.1 Å². The molecule has 0 N–H and O–H groups in total. The number of alkyl halides is 1. The molecule has 3 nitrogen and oxygen atoms in total. The van der Waals surface area contributed by atoms with Gasteiger partial charge >= 0.3 is 0 Å². The lowest BCUT2D eigenvalue weighted by atomic mass is 10.0. The van der Waals surface area contributed by atoms with E-state index in [1.807, 2.05) is 18.2 Å². The van der Waals surface area contributed by atoms with E-state index in [0.29, 0.717) is 0 Å². The number of aryl methyl sites for hydroxylation is 1. The molecule has 0 heterocycles. The lowest BCUT2D eigenvalue weighted by Crippen LogP contribution is -2.04. The van der Waals surface area contributed by atoms with Crippen LogP contribution in [-0.4, -0.2) is 10.3 Å². The molecule has 0 bridgehead atoms. The van der Waals surface area contributed by atoms with E-state index >= 15 is 0 Å². The van der Waals surface area contributed by atoms with Crippen LogP contribution < -0.4 is 0 Å². The Kier molecular flexibility index (Phi) is 5.76. The topological polar surface area (TPSA) is 43.1 Å². The summed E-state index contributed by atoms with van der Waals surface area (Å²) in [5.74, 6) is 0. The number of rotatable bonds is 7. The Morgan fingerprint density at radius 3 is 2.29 bits per heavy atom.